The molecule has 1 aliphatic carbocycles. The highest BCUT2D eigenvalue weighted by atomic mass is 19.4. The van der Waals surface area contributed by atoms with E-state index in [0.29, 0.717) is 31.2 Å². The van der Waals surface area contributed by atoms with Crippen molar-refractivity contribution in [1.82, 2.24) is 4.90 Å². The third-order valence-corrected chi connectivity index (χ3v) is 7.67. The minimum Gasteiger partial charge on any atom is -0.481 e. The fourth-order valence-corrected chi connectivity index (χ4v) is 5.61. The van der Waals surface area contributed by atoms with Crippen molar-refractivity contribution >= 4 is 23.4 Å². The van der Waals surface area contributed by atoms with Crippen molar-refractivity contribution in [3.05, 3.63) is 59.7 Å². The number of hydrogen-bond donors (Lipinski definition) is 1. The summed E-state index contributed by atoms with van der Waals surface area (Å²) < 4.78 is 42.3. The minimum absolute atomic E-state index is 0.287. The molecule has 5 rings (SSSR count). The number of benzene rings is 2. The van der Waals surface area contributed by atoms with E-state index in [1.54, 1.807) is 42.5 Å². The highest BCUT2D eigenvalue weighted by Gasteiger charge is 2.53. The summed E-state index contributed by atoms with van der Waals surface area (Å²) in [7, 11) is 0. The van der Waals surface area contributed by atoms with E-state index in [9.17, 15) is 22.8 Å². The fourth-order valence-electron chi connectivity index (χ4n) is 5.61. The van der Waals surface area contributed by atoms with Gasteiger partial charge in [0.15, 0.2) is 6.04 Å². The summed E-state index contributed by atoms with van der Waals surface area (Å²) in [5.41, 5.74) is 2.62. The molecular weight excluding hydrogens is 471 g/mol. The van der Waals surface area contributed by atoms with Crippen LogP contribution in [0.5, 0.6) is 0 Å². The Bertz CT molecular complexity index is 1110. The topological polar surface area (TPSA) is 64.1 Å². The number of amides is 2. The van der Waals surface area contributed by atoms with Gasteiger partial charge in [-0.25, -0.2) is 4.79 Å². The number of rotatable bonds is 6. The Morgan fingerprint density at radius 2 is 1.64 bits per heavy atom. The lowest BCUT2D eigenvalue weighted by atomic mass is 9.84. The smallest absolute Gasteiger partial charge is 0.411 e. The summed E-state index contributed by atoms with van der Waals surface area (Å²) in [5.74, 6) is -0.836. The third kappa shape index (κ3) is 4.93. The van der Waals surface area contributed by atoms with E-state index in [1.807, 2.05) is 11.0 Å². The Morgan fingerprint density at radius 3 is 2.28 bits per heavy atom. The van der Waals surface area contributed by atoms with Gasteiger partial charge in [-0.15, -0.1) is 0 Å². The molecule has 9 heteroatoms. The third-order valence-electron chi connectivity index (χ3n) is 7.67. The maximum atomic E-state index is 14.1. The molecule has 2 aromatic rings. The van der Waals surface area contributed by atoms with E-state index < -0.39 is 30.8 Å². The first kappa shape index (κ1) is 24.6. The maximum absolute atomic E-state index is 14.1. The molecule has 0 radical (unpaired) electrons. The van der Waals surface area contributed by atoms with Gasteiger partial charge in [0, 0.05) is 31.0 Å². The number of carboxylic acid groups (broad SMARTS) is 1. The van der Waals surface area contributed by atoms with Gasteiger partial charge in [-0.3, -0.25) is 19.5 Å². The van der Waals surface area contributed by atoms with Gasteiger partial charge >= 0.3 is 18.2 Å². The summed E-state index contributed by atoms with van der Waals surface area (Å²) in [6.45, 7) is 1.04. The Balaban J connectivity index is 1.34. The first-order valence-corrected chi connectivity index (χ1v) is 12.5. The van der Waals surface area contributed by atoms with Crippen LogP contribution < -0.4 is 9.80 Å². The second kappa shape index (κ2) is 9.76. The first-order chi connectivity index (χ1) is 17.2. The predicted octanol–water partition coefficient (Wildman–Crippen LogP) is 5.63. The molecule has 2 heterocycles. The lowest BCUT2D eigenvalue weighted by molar-refractivity contribution is -0.147. The molecule has 3 fully saturated rings. The number of urea groups is 1. The molecule has 2 aliphatic heterocycles. The number of alkyl halides is 3. The zero-order valence-corrected chi connectivity index (χ0v) is 20.0. The molecule has 1 atom stereocenters. The zero-order chi connectivity index (χ0) is 25.4. The van der Waals surface area contributed by atoms with Gasteiger partial charge in [-0.2, -0.15) is 13.2 Å². The molecule has 192 valence electrons. The number of anilines is 2. The Kier molecular flexibility index (Phi) is 6.68. The number of carbonyl (C=O) groups excluding carboxylic acids is 1. The molecule has 6 nitrogen and oxygen atoms in total. The number of nitrogens with zero attached hydrogens (tertiary/aromatic N) is 3. The van der Waals surface area contributed by atoms with Gasteiger partial charge in [-0.1, -0.05) is 43.5 Å². The van der Waals surface area contributed by atoms with Crippen LogP contribution in [0.4, 0.5) is 29.3 Å². The van der Waals surface area contributed by atoms with Crippen LogP contribution in [0.1, 0.15) is 49.1 Å². The van der Waals surface area contributed by atoms with Crippen LogP contribution in [0.15, 0.2) is 48.5 Å². The summed E-state index contributed by atoms with van der Waals surface area (Å²) in [4.78, 5) is 28.4. The monoisotopic (exact) mass is 501 g/mol. The van der Waals surface area contributed by atoms with Crippen molar-refractivity contribution in [3.8, 4) is 0 Å². The molecule has 2 aromatic carbocycles. The van der Waals surface area contributed by atoms with Crippen molar-refractivity contribution in [2.24, 2.45) is 5.92 Å². The number of carboxylic acids is 1. The number of halogens is 3. The molecule has 2 saturated heterocycles. The standard InChI is InChI=1S/C27H30F3N3O3/c28-27(29,30)24-17-32(22-11-9-18(10-12-22)14-31-15-21(16-31)25(34)35)26(36)33(24)23-8-4-7-20(13-23)19-5-2-1-3-6-19/h4,7-13,19,21,24H,1-3,5-6,14-17H2,(H,34,35). The molecule has 0 bridgehead atoms. The fraction of sp³-hybridized carbons (Fsp3) is 0.481. The van der Waals surface area contributed by atoms with Gasteiger partial charge in [0.1, 0.15) is 0 Å². The summed E-state index contributed by atoms with van der Waals surface area (Å²) in [6.07, 6.45) is 0.893. The molecule has 3 aliphatic rings. The SMILES string of the molecule is O=C(O)C1CN(Cc2ccc(N3CC(C(F)(F)F)N(c4cccc(C5CCCCC5)c4)C3=O)cc2)C1. The van der Waals surface area contributed by atoms with Crippen LogP contribution in [0.3, 0.4) is 0 Å². The largest absolute Gasteiger partial charge is 0.481 e. The van der Waals surface area contributed by atoms with Crippen molar-refractivity contribution in [3.63, 3.8) is 0 Å². The zero-order valence-electron chi connectivity index (χ0n) is 20.0. The van der Waals surface area contributed by atoms with Crippen molar-refractivity contribution in [2.75, 3.05) is 29.4 Å². The highest BCUT2D eigenvalue weighted by Crippen LogP contribution is 2.39. The number of likely N-dealkylation sites (tertiary alicyclic amines) is 1. The van der Waals surface area contributed by atoms with E-state index in [-0.39, 0.29) is 11.6 Å². The average molecular weight is 502 g/mol. The van der Waals surface area contributed by atoms with E-state index >= 15 is 0 Å². The molecule has 2 amide bonds. The normalized spacial score (nSPS) is 22.2. The molecule has 0 spiro atoms. The van der Waals surface area contributed by atoms with Gasteiger partial charge in [0.05, 0.1) is 12.5 Å². The second-order valence-electron chi connectivity index (χ2n) is 10.1. The van der Waals surface area contributed by atoms with E-state index in [4.69, 9.17) is 5.11 Å². The van der Waals surface area contributed by atoms with Gasteiger partial charge in [0.2, 0.25) is 0 Å². The predicted molar refractivity (Wildman–Crippen MR) is 130 cm³/mol. The second-order valence-corrected chi connectivity index (χ2v) is 10.1. The molecular formula is C27H30F3N3O3. The molecule has 1 N–H and O–H groups in total. The molecule has 0 aromatic heterocycles. The Labute approximate surface area is 208 Å². The van der Waals surface area contributed by atoms with Crippen LogP contribution >= 0.6 is 0 Å². The van der Waals surface area contributed by atoms with Crippen LogP contribution in [0, 0.1) is 5.92 Å². The highest BCUT2D eigenvalue weighted by molar-refractivity contribution is 6.07. The Hall–Kier alpha value is -3.07. The lowest BCUT2D eigenvalue weighted by Gasteiger charge is -2.36. The van der Waals surface area contributed by atoms with Crippen LogP contribution in [-0.2, 0) is 11.3 Å². The minimum atomic E-state index is -4.57. The van der Waals surface area contributed by atoms with Crippen LogP contribution in [0.25, 0.3) is 0 Å². The summed E-state index contributed by atoms with van der Waals surface area (Å²) >= 11 is 0. The van der Waals surface area contributed by atoms with Gasteiger partial charge < -0.3 is 5.11 Å². The van der Waals surface area contributed by atoms with Gasteiger partial charge in [0.25, 0.3) is 0 Å². The number of hydrogen-bond acceptors (Lipinski definition) is 3. The van der Waals surface area contributed by atoms with E-state index in [1.165, 1.54) is 11.3 Å². The molecule has 1 saturated carbocycles. The number of aliphatic carboxylic acids is 1. The molecule has 36 heavy (non-hydrogen) atoms. The number of carbonyl (C=O) groups is 2. The van der Waals surface area contributed by atoms with Gasteiger partial charge in [-0.05, 0) is 54.2 Å². The first-order valence-electron chi connectivity index (χ1n) is 12.5. The maximum Gasteiger partial charge on any atom is 0.411 e. The molecule has 1 unspecified atom stereocenters. The lowest BCUT2D eigenvalue weighted by Crippen LogP contribution is -2.49. The summed E-state index contributed by atoms with van der Waals surface area (Å²) in [5, 5.41) is 9.02. The quantitative estimate of drug-likeness (QED) is 0.558. The van der Waals surface area contributed by atoms with E-state index in [0.717, 1.165) is 41.7 Å². The van der Waals surface area contributed by atoms with E-state index in [2.05, 4.69) is 0 Å². The van der Waals surface area contributed by atoms with Crippen LogP contribution in [-0.4, -0.2) is 53.9 Å². The van der Waals surface area contributed by atoms with Crippen LogP contribution in [0.2, 0.25) is 0 Å². The van der Waals surface area contributed by atoms with Crippen molar-refractivity contribution in [2.45, 2.75) is 56.8 Å². The van der Waals surface area contributed by atoms with Crippen molar-refractivity contribution in [1.29, 1.82) is 0 Å². The Morgan fingerprint density at radius 1 is 0.944 bits per heavy atom. The average Bonchev–Trinajstić information content (AvgIpc) is 3.19. The van der Waals surface area contributed by atoms with Crippen molar-refractivity contribution < 1.29 is 27.9 Å². The summed E-state index contributed by atoms with van der Waals surface area (Å²) in [6, 6.07) is 11.3.